The molecule has 1 saturated heterocycles. The fourth-order valence-electron chi connectivity index (χ4n) is 3.89. The summed E-state index contributed by atoms with van der Waals surface area (Å²) in [5, 5.41) is 22.1. The molecule has 1 fully saturated rings. The van der Waals surface area contributed by atoms with E-state index >= 15 is 0 Å². The molecule has 2 atom stereocenters. The average molecular weight is 429 g/mol. The second-order valence-corrected chi connectivity index (χ2v) is 7.59. The highest BCUT2D eigenvalue weighted by molar-refractivity contribution is 6.00. The van der Waals surface area contributed by atoms with Crippen LogP contribution >= 0.6 is 0 Å². The zero-order valence-corrected chi connectivity index (χ0v) is 16.4. The van der Waals surface area contributed by atoms with Crippen LogP contribution in [-0.4, -0.2) is 68.2 Å². The maximum Gasteiger partial charge on any atom is 0.272 e. The number of rotatable bonds is 5. The molecule has 4 aromatic rings. The van der Waals surface area contributed by atoms with Crippen LogP contribution in [0, 0.1) is 0 Å². The van der Waals surface area contributed by atoms with Crippen LogP contribution in [0.2, 0.25) is 0 Å². The molecule has 0 aliphatic carbocycles. The largest absolute Gasteiger partial charge is 0.486 e. The summed E-state index contributed by atoms with van der Waals surface area (Å²) in [5.41, 5.74) is 8.73. The smallest absolute Gasteiger partial charge is 0.272 e. The number of aliphatic hydroxyl groups excluding tert-OH is 1. The Balaban J connectivity index is 1.53. The van der Waals surface area contributed by atoms with Gasteiger partial charge in [-0.25, -0.2) is 18.3 Å². The molecule has 11 heteroatoms. The van der Waals surface area contributed by atoms with Crippen LogP contribution in [0.5, 0.6) is 5.75 Å². The minimum absolute atomic E-state index is 0.223. The monoisotopic (exact) mass is 429 g/mol. The van der Waals surface area contributed by atoms with Crippen LogP contribution < -0.4 is 15.4 Å². The lowest BCUT2D eigenvalue weighted by Gasteiger charge is -2.34. The number of fused-ring (bicyclic) bond motifs is 3. The van der Waals surface area contributed by atoms with Crippen molar-refractivity contribution in [2.45, 2.75) is 25.0 Å². The highest BCUT2D eigenvalue weighted by Crippen LogP contribution is 2.33. The molecule has 0 bridgehead atoms. The van der Waals surface area contributed by atoms with E-state index in [2.05, 4.69) is 20.3 Å². The number of H-pyrrole nitrogens is 1. The molecule has 0 radical (unpaired) electrons. The summed E-state index contributed by atoms with van der Waals surface area (Å²) in [7, 11) is 0. The number of β-amino-alcohol motifs (C(OH)–C–C–N with tert-alkyl or cyclic N) is 1. The van der Waals surface area contributed by atoms with E-state index in [1.54, 1.807) is 29.2 Å². The minimum atomic E-state index is -2.58. The Kier molecular flexibility index (Phi) is 4.91. The van der Waals surface area contributed by atoms with Crippen molar-refractivity contribution in [3.05, 3.63) is 36.8 Å². The third kappa shape index (κ3) is 3.66. The number of aromatic amines is 1. The number of ether oxygens (including phenoxy) is 1. The standard InChI is InChI=1S/C20H21F2N7O2/c21-17(22)10-31-12-5-13(19-14-7-25-26-20(14)27-29(19)8-12)11-1-2-18(24-6-11)28-4-3-15(23)16(30)9-28/h1-2,5-8,15-17,30H,3-4,9-10,23H2,(H,26,27)/t15-,16+/m0/s1. The molecule has 162 valence electrons. The molecule has 0 unspecified atom stereocenters. The van der Waals surface area contributed by atoms with Gasteiger partial charge in [0.1, 0.15) is 18.2 Å². The number of nitrogens with one attached hydrogen (secondary N) is 1. The third-order valence-corrected chi connectivity index (χ3v) is 5.50. The van der Waals surface area contributed by atoms with Crippen LogP contribution in [0.1, 0.15) is 6.42 Å². The lowest BCUT2D eigenvalue weighted by atomic mass is 10.0. The van der Waals surface area contributed by atoms with Crippen molar-refractivity contribution in [1.82, 2.24) is 24.8 Å². The number of alkyl halides is 2. The molecule has 4 aromatic heterocycles. The topological polar surface area (TPSA) is 118 Å². The predicted molar refractivity (Wildman–Crippen MR) is 110 cm³/mol. The molecule has 1 aliphatic heterocycles. The first-order chi connectivity index (χ1) is 15.0. The molecule has 5 rings (SSSR count). The summed E-state index contributed by atoms with van der Waals surface area (Å²) in [4.78, 5) is 6.55. The van der Waals surface area contributed by atoms with Crippen LogP contribution in [-0.2, 0) is 0 Å². The third-order valence-electron chi connectivity index (χ3n) is 5.50. The van der Waals surface area contributed by atoms with E-state index in [4.69, 9.17) is 10.5 Å². The van der Waals surface area contributed by atoms with Gasteiger partial charge in [-0.15, -0.1) is 5.10 Å². The van der Waals surface area contributed by atoms with Crippen LogP contribution in [0.15, 0.2) is 36.8 Å². The Morgan fingerprint density at radius 1 is 1.32 bits per heavy atom. The summed E-state index contributed by atoms with van der Waals surface area (Å²) in [6.07, 6.45) is 2.45. The van der Waals surface area contributed by atoms with Crippen molar-refractivity contribution in [2.75, 3.05) is 24.6 Å². The fraction of sp³-hybridized carbons (Fsp3) is 0.350. The minimum Gasteiger partial charge on any atom is -0.486 e. The Bertz CT molecular complexity index is 1210. The van der Waals surface area contributed by atoms with Gasteiger partial charge < -0.3 is 20.5 Å². The van der Waals surface area contributed by atoms with Crippen LogP contribution in [0.25, 0.3) is 27.7 Å². The first-order valence-corrected chi connectivity index (χ1v) is 9.91. The number of halogens is 2. The number of nitrogens with two attached hydrogens (primary N) is 1. The van der Waals surface area contributed by atoms with Crippen LogP contribution in [0.4, 0.5) is 14.6 Å². The SMILES string of the molecule is N[C@H]1CCN(c2ccc(-c3cc(OCC(F)F)cn4nc5[nH]ncc5c34)cn2)C[C@H]1O. The molecule has 5 heterocycles. The molecule has 1 aliphatic rings. The molecule has 0 amide bonds. The van der Waals surface area contributed by atoms with Gasteiger partial charge in [-0.1, -0.05) is 0 Å². The number of pyridine rings is 2. The number of aliphatic hydroxyl groups is 1. The number of anilines is 1. The molecule has 9 nitrogen and oxygen atoms in total. The van der Waals surface area contributed by atoms with Crippen molar-refractivity contribution in [2.24, 2.45) is 5.73 Å². The Hall–Kier alpha value is -3.31. The average Bonchev–Trinajstić information content (AvgIpc) is 3.35. The molecular weight excluding hydrogens is 408 g/mol. The quantitative estimate of drug-likeness (QED) is 0.443. The van der Waals surface area contributed by atoms with Gasteiger partial charge in [0.2, 0.25) is 0 Å². The fourth-order valence-corrected chi connectivity index (χ4v) is 3.89. The van der Waals surface area contributed by atoms with E-state index in [0.717, 1.165) is 27.8 Å². The van der Waals surface area contributed by atoms with Gasteiger partial charge in [0.05, 0.1) is 29.4 Å². The van der Waals surface area contributed by atoms with E-state index in [1.807, 2.05) is 17.0 Å². The lowest BCUT2D eigenvalue weighted by molar-refractivity contribution is 0.0816. The number of nitrogens with zero attached hydrogens (tertiary/aromatic N) is 5. The van der Waals surface area contributed by atoms with Crippen molar-refractivity contribution in [1.29, 1.82) is 0 Å². The molecule has 31 heavy (non-hydrogen) atoms. The van der Waals surface area contributed by atoms with Gasteiger partial charge in [-0.3, -0.25) is 5.10 Å². The number of hydrogen-bond acceptors (Lipinski definition) is 7. The summed E-state index contributed by atoms with van der Waals surface area (Å²) in [6, 6.07) is 5.24. The molecule has 0 aromatic carbocycles. The molecular formula is C20H21F2N7O2. The zero-order chi connectivity index (χ0) is 21.5. The van der Waals surface area contributed by atoms with E-state index in [0.29, 0.717) is 25.2 Å². The molecule has 0 saturated carbocycles. The van der Waals surface area contributed by atoms with E-state index in [9.17, 15) is 13.9 Å². The number of aromatic nitrogens is 5. The van der Waals surface area contributed by atoms with Crippen LogP contribution in [0.3, 0.4) is 0 Å². The van der Waals surface area contributed by atoms with Crippen molar-refractivity contribution >= 4 is 22.4 Å². The Morgan fingerprint density at radius 2 is 2.19 bits per heavy atom. The summed E-state index contributed by atoms with van der Waals surface area (Å²) in [6.45, 7) is 0.430. The molecule has 4 N–H and O–H groups in total. The summed E-state index contributed by atoms with van der Waals surface area (Å²) >= 11 is 0. The second-order valence-electron chi connectivity index (χ2n) is 7.59. The maximum atomic E-state index is 12.6. The van der Waals surface area contributed by atoms with E-state index < -0.39 is 19.1 Å². The number of hydrogen-bond donors (Lipinski definition) is 3. The van der Waals surface area contributed by atoms with Crippen molar-refractivity contribution in [3.63, 3.8) is 0 Å². The van der Waals surface area contributed by atoms with Gasteiger partial charge in [0, 0.05) is 36.5 Å². The Labute approximate surface area is 175 Å². The highest BCUT2D eigenvalue weighted by Gasteiger charge is 2.25. The summed E-state index contributed by atoms with van der Waals surface area (Å²) in [5.74, 6) is 1.01. The van der Waals surface area contributed by atoms with E-state index in [1.165, 1.54) is 0 Å². The normalized spacial score (nSPS) is 19.6. The van der Waals surface area contributed by atoms with Gasteiger partial charge in [0.25, 0.3) is 6.43 Å². The highest BCUT2D eigenvalue weighted by atomic mass is 19.3. The molecule has 0 spiro atoms. The predicted octanol–water partition coefficient (Wildman–Crippen LogP) is 1.81. The zero-order valence-electron chi connectivity index (χ0n) is 16.4. The van der Waals surface area contributed by atoms with Crippen molar-refractivity contribution in [3.8, 4) is 16.9 Å². The van der Waals surface area contributed by atoms with Gasteiger partial charge in [-0.05, 0) is 24.6 Å². The van der Waals surface area contributed by atoms with Gasteiger partial charge >= 0.3 is 0 Å². The maximum absolute atomic E-state index is 12.6. The summed E-state index contributed by atoms with van der Waals surface area (Å²) < 4.78 is 32.1. The van der Waals surface area contributed by atoms with Crippen molar-refractivity contribution < 1.29 is 18.6 Å². The van der Waals surface area contributed by atoms with E-state index in [-0.39, 0.29) is 11.8 Å². The van der Waals surface area contributed by atoms with Gasteiger partial charge in [-0.2, -0.15) is 5.10 Å². The Morgan fingerprint density at radius 3 is 2.94 bits per heavy atom. The first-order valence-electron chi connectivity index (χ1n) is 9.91. The first kappa shape index (κ1) is 19.6. The second kappa shape index (κ2) is 7.75. The van der Waals surface area contributed by atoms with Gasteiger partial charge in [0.15, 0.2) is 5.65 Å². The lowest BCUT2D eigenvalue weighted by Crippen LogP contribution is -2.50. The number of piperidine rings is 1.